The standard InChI is InChI=1S/C11H16BrClN4/c1-7-6-17(2)4-3-9(7)15-10-8(12)5-14-11(13)16-10/h5,7,9H,3-4,6H2,1-2H3,(H,14,15,16). The molecule has 0 bridgehead atoms. The lowest BCUT2D eigenvalue weighted by atomic mass is 9.94. The Labute approximate surface area is 115 Å². The van der Waals surface area contributed by atoms with Gasteiger partial charge in [0.15, 0.2) is 0 Å². The van der Waals surface area contributed by atoms with Crippen molar-refractivity contribution in [3.05, 3.63) is 16.0 Å². The molecule has 2 unspecified atom stereocenters. The van der Waals surface area contributed by atoms with Crippen LogP contribution in [0.25, 0.3) is 0 Å². The third kappa shape index (κ3) is 3.30. The molecule has 0 amide bonds. The van der Waals surface area contributed by atoms with E-state index in [-0.39, 0.29) is 5.28 Å². The fraction of sp³-hybridized carbons (Fsp3) is 0.636. The molecule has 0 spiro atoms. The van der Waals surface area contributed by atoms with Crippen LogP contribution in [0.3, 0.4) is 0 Å². The maximum atomic E-state index is 5.80. The molecule has 1 aromatic heterocycles. The molecule has 1 aromatic rings. The Morgan fingerprint density at radius 3 is 3.06 bits per heavy atom. The fourth-order valence-corrected chi connectivity index (χ4v) is 2.63. The summed E-state index contributed by atoms with van der Waals surface area (Å²) in [6.45, 7) is 4.47. The van der Waals surface area contributed by atoms with E-state index < -0.39 is 0 Å². The van der Waals surface area contributed by atoms with Crippen LogP contribution < -0.4 is 5.32 Å². The van der Waals surface area contributed by atoms with E-state index in [1.165, 1.54) is 0 Å². The largest absolute Gasteiger partial charge is 0.366 e. The van der Waals surface area contributed by atoms with Crippen molar-refractivity contribution in [3.63, 3.8) is 0 Å². The van der Waals surface area contributed by atoms with Gasteiger partial charge in [-0.05, 0) is 53.5 Å². The molecule has 2 rings (SSSR count). The highest BCUT2D eigenvalue weighted by atomic mass is 79.9. The lowest BCUT2D eigenvalue weighted by Crippen LogP contribution is -2.43. The molecular formula is C11H16BrClN4. The van der Waals surface area contributed by atoms with Crippen LogP contribution in [0.1, 0.15) is 13.3 Å². The van der Waals surface area contributed by atoms with Crippen LogP contribution in [0.2, 0.25) is 5.28 Å². The van der Waals surface area contributed by atoms with Crippen LogP contribution in [0.15, 0.2) is 10.7 Å². The summed E-state index contributed by atoms with van der Waals surface area (Å²) < 4.78 is 0.855. The Hall–Kier alpha value is -0.390. The van der Waals surface area contributed by atoms with Crippen LogP contribution in [-0.4, -0.2) is 41.0 Å². The SMILES string of the molecule is CC1CN(C)CCC1Nc1nc(Cl)ncc1Br. The van der Waals surface area contributed by atoms with Gasteiger partial charge in [-0.3, -0.25) is 0 Å². The van der Waals surface area contributed by atoms with Crippen molar-refractivity contribution in [2.75, 3.05) is 25.5 Å². The molecule has 94 valence electrons. The van der Waals surface area contributed by atoms with Gasteiger partial charge in [0.2, 0.25) is 5.28 Å². The van der Waals surface area contributed by atoms with Crippen LogP contribution in [0, 0.1) is 5.92 Å². The zero-order chi connectivity index (χ0) is 12.4. The highest BCUT2D eigenvalue weighted by molar-refractivity contribution is 9.10. The second-order valence-electron chi connectivity index (χ2n) is 4.61. The van der Waals surface area contributed by atoms with Crippen molar-refractivity contribution in [1.82, 2.24) is 14.9 Å². The van der Waals surface area contributed by atoms with E-state index in [1.54, 1.807) is 6.20 Å². The zero-order valence-electron chi connectivity index (χ0n) is 9.95. The third-order valence-corrected chi connectivity index (χ3v) is 3.91. The quantitative estimate of drug-likeness (QED) is 0.851. The molecule has 0 aliphatic carbocycles. The highest BCUT2D eigenvalue weighted by Gasteiger charge is 2.24. The molecule has 1 fully saturated rings. The first kappa shape index (κ1) is 13.1. The summed E-state index contributed by atoms with van der Waals surface area (Å²) in [5.74, 6) is 1.38. The summed E-state index contributed by atoms with van der Waals surface area (Å²) >= 11 is 9.24. The molecule has 1 saturated heterocycles. The molecule has 2 heterocycles. The predicted octanol–water partition coefficient (Wildman–Crippen LogP) is 2.64. The Morgan fingerprint density at radius 1 is 1.59 bits per heavy atom. The van der Waals surface area contributed by atoms with E-state index in [1.807, 2.05) is 0 Å². The van der Waals surface area contributed by atoms with E-state index in [0.717, 1.165) is 29.8 Å². The third-order valence-electron chi connectivity index (χ3n) is 3.15. The molecule has 1 aliphatic heterocycles. The van der Waals surface area contributed by atoms with Crippen molar-refractivity contribution in [2.45, 2.75) is 19.4 Å². The Morgan fingerprint density at radius 2 is 2.35 bits per heavy atom. The topological polar surface area (TPSA) is 41.0 Å². The molecule has 0 aromatic carbocycles. The molecule has 0 radical (unpaired) electrons. The van der Waals surface area contributed by atoms with E-state index in [9.17, 15) is 0 Å². The number of halogens is 2. The van der Waals surface area contributed by atoms with Crippen LogP contribution in [0.5, 0.6) is 0 Å². The highest BCUT2D eigenvalue weighted by Crippen LogP contribution is 2.25. The first-order valence-corrected chi connectivity index (χ1v) is 6.86. The first-order valence-electron chi connectivity index (χ1n) is 5.69. The molecule has 4 nitrogen and oxygen atoms in total. The normalized spacial score (nSPS) is 25.9. The van der Waals surface area contributed by atoms with E-state index in [0.29, 0.717) is 12.0 Å². The van der Waals surface area contributed by atoms with Crippen molar-refractivity contribution in [1.29, 1.82) is 0 Å². The molecule has 1 aliphatic rings. The van der Waals surface area contributed by atoms with E-state index in [2.05, 4.69) is 50.1 Å². The van der Waals surface area contributed by atoms with E-state index in [4.69, 9.17) is 11.6 Å². The predicted molar refractivity (Wildman–Crippen MR) is 73.4 cm³/mol. The average Bonchev–Trinajstić information content (AvgIpc) is 2.27. The van der Waals surface area contributed by atoms with Gasteiger partial charge in [-0.15, -0.1) is 0 Å². The second kappa shape index (κ2) is 5.50. The Bertz CT molecular complexity index is 401. The first-order chi connectivity index (χ1) is 8.06. The number of anilines is 1. The number of piperidine rings is 1. The number of rotatable bonds is 2. The summed E-state index contributed by atoms with van der Waals surface area (Å²) in [6, 6.07) is 0.438. The number of likely N-dealkylation sites (tertiary alicyclic amines) is 1. The summed E-state index contributed by atoms with van der Waals surface area (Å²) in [7, 11) is 2.16. The fourth-order valence-electron chi connectivity index (χ4n) is 2.19. The summed E-state index contributed by atoms with van der Waals surface area (Å²) in [5.41, 5.74) is 0. The van der Waals surface area contributed by atoms with Gasteiger partial charge in [0.25, 0.3) is 0 Å². The van der Waals surface area contributed by atoms with E-state index >= 15 is 0 Å². The Balaban J connectivity index is 2.07. The maximum Gasteiger partial charge on any atom is 0.224 e. The summed E-state index contributed by atoms with van der Waals surface area (Å²) in [4.78, 5) is 10.5. The summed E-state index contributed by atoms with van der Waals surface area (Å²) in [6.07, 6.45) is 2.79. The van der Waals surface area contributed by atoms with Crippen molar-refractivity contribution < 1.29 is 0 Å². The van der Waals surface area contributed by atoms with Crippen LogP contribution in [-0.2, 0) is 0 Å². The second-order valence-corrected chi connectivity index (χ2v) is 5.81. The number of nitrogens with one attached hydrogen (secondary N) is 1. The van der Waals surface area contributed by atoms with Crippen molar-refractivity contribution >= 4 is 33.3 Å². The number of hydrogen-bond acceptors (Lipinski definition) is 4. The number of hydrogen-bond donors (Lipinski definition) is 1. The molecule has 6 heteroatoms. The lowest BCUT2D eigenvalue weighted by Gasteiger charge is -2.35. The van der Waals surface area contributed by atoms with Gasteiger partial charge in [0.1, 0.15) is 5.82 Å². The van der Waals surface area contributed by atoms with Gasteiger partial charge < -0.3 is 10.2 Å². The van der Waals surface area contributed by atoms with Crippen molar-refractivity contribution in [2.24, 2.45) is 5.92 Å². The maximum absolute atomic E-state index is 5.80. The monoisotopic (exact) mass is 318 g/mol. The Kier molecular flexibility index (Phi) is 4.22. The number of nitrogens with zero attached hydrogens (tertiary/aromatic N) is 3. The molecule has 2 atom stereocenters. The van der Waals surface area contributed by atoms with Gasteiger partial charge in [-0.25, -0.2) is 4.98 Å². The van der Waals surface area contributed by atoms with Gasteiger partial charge in [-0.1, -0.05) is 6.92 Å². The molecule has 0 saturated carbocycles. The molecule has 17 heavy (non-hydrogen) atoms. The molecule has 1 N–H and O–H groups in total. The minimum Gasteiger partial charge on any atom is -0.366 e. The smallest absolute Gasteiger partial charge is 0.224 e. The minimum atomic E-state index is 0.274. The lowest BCUT2D eigenvalue weighted by molar-refractivity contribution is 0.206. The van der Waals surface area contributed by atoms with Gasteiger partial charge in [-0.2, -0.15) is 4.98 Å². The van der Waals surface area contributed by atoms with Gasteiger partial charge >= 0.3 is 0 Å². The molecular weight excluding hydrogens is 304 g/mol. The van der Waals surface area contributed by atoms with Crippen molar-refractivity contribution in [3.8, 4) is 0 Å². The minimum absolute atomic E-state index is 0.274. The number of aromatic nitrogens is 2. The van der Waals surface area contributed by atoms with Crippen LogP contribution in [0.4, 0.5) is 5.82 Å². The zero-order valence-corrected chi connectivity index (χ0v) is 12.3. The van der Waals surface area contributed by atoms with Gasteiger partial charge in [0, 0.05) is 18.8 Å². The average molecular weight is 320 g/mol. The van der Waals surface area contributed by atoms with Crippen LogP contribution >= 0.6 is 27.5 Å². The van der Waals surface area contributed by atoms with Gasteiger partial charge in [0.05, 0.1) is 4.47 Å². The summed E-state index contributed by atoms with van der Waals surface area (Å²) in [5, 5.41) is 3.73.